The predicted molar refractivity (Wildman–Crippen MR) is 126 cm³/mol. The van der Waals surface area contributed by atoms with Gasteiger partial charge in [0.2, 0.25) is 0 Å². The molecule has 1 unspecified atom stereocenters. The van der Waals surface area contributed by atoms with E-state index in [0.717, 1.165) is 31.6 Å². The van der Waals surface area contributed by atoms with Gasteiger partial charge >= 0.3 is 6.03 Å². The summed E-state index contributed by atoms with van der Waals surface area (Å²) in [7, 11) is 3.46. The maximum Gasteiger partial charge on any atom is 0.317 e. The lowest BCUT2D eigenvalue weighted by atomic mass is 10.0. The van der Waals surface area contributed by atoms with Crippen LogP contribution < -0.4 is 5.32 Å². The van der Waals surface area contributed by atoms with Crippen molar-refractivity contribution in [2.45, 2.75) is 12.5 Å². The summed E-state index contributed by atoms with van der Waals surface area (Å²) < 4.78 is 14.2. The molecule has 4 rings (SSSR count). The van der Waals surface area contributed by atoms with Gasteiger partial charge in [-0.3, -0.25) is 9.69 Å². The van der Waals surface area contributed by atoms with E-state index < -0.39 is 11.7 Å². The second-order valence-electron chi connectivity index (χ2n) is 8.79. The first-order valence-corrected chi connectivity index (χ1v) is 11.4. The highest BCUT2D eigenvalue weighted by Crippen LogP contribution is 2.32. The summed E-state index contributed by atoms with van der Waals surface area (Å²) in [6.07, 6.45) is 2.62. The first-order valence-electron chi connectivity index (χ1n) is 11.0. The Morgan fingerprint density at radius 3 is 2.58 bits per heavy atom. The molecule has 0 saturated carbocycles. The lowest BCUT2D eigenvalue weighted by molar-refractivity contribution is 0.0816. The first-order chi connectivity index (χ1) is 15.8. The number of likely N-dealkylation sites (tertiary alicyclic amines) is 1. The summed E-state index contributed by atoms with van der Waals surface area (Å²) >= 11 is 6.07. The lowest BCUT2D eigenvalue weighted by Gasteiger charge is -2.25. The molecule has 1 fully saturated rings. The highest BCUT2D eigenvalue weighted by atomic mass is 35.5. The van der Waals surface area contributed by atoms with Gasteiger partial charge in [0.05, 0.1) is 16.6 Å². The third-order valence-electron chi connectivity index (χ3n) is 6.23. The Labute approximate surface area is 198 Å². The minimum Gasteiger partial charge on any atom is -0.331 e. The van der Waals surface area contributed by atoms with E-state index in [4.69, 9.17) is 11.6 Å². The molecule has 1 N–H and O–H groups in total. The van der Waals surface area contributed by atoms with E-state index in [1.54, 1.807) is 19.0 Å². The molecule has 2 atom stereocenters. The van der Waals surface area contributed by atoms with Crippen molar-refractivity contribution in [1.82, 2.24) is 20.0 Å². The number of hydrogen-bond acceptors (Lipinski definition) is 3. The van der Waals surface area contributed by atoms with E-state index >= 15 is 0 Å². The van der Waals surface area contributed by atoms with E-state index in [-0.39, 0.29) is 28.6 Å². The zero-order valence-electron chi connectivity index (χ0n) is 18.8. The summed E-state index contributed by atoms with van der Waals surface area (Å²) in [5.41, 5.74) is 2.17. The smallest absolute Gasteiger partial charge is 0.317 e. The number of urea groups is 1. The molecule has 8 heteroatoms. The van der Waals surface area contributed by atoms with E-state index in [2.05, 4.69) is 10.2 Å². The molecule has 1 saturated heterocycles. The van der Waals surface area contributed by atoms with E-state index in [1.165, 1.54) is 28.7 Å². The molecule has 0 aliphatic carbocycles. The molecule has 0 bridgehead atoms. The van der Waals surface area contributed by atoms with Crippen LogP contribution >= 0.6 is 11.6 Å². The Balaban J connectivity index is 1.38. The quantitative estimate of drug-likeness (QED) is 0.690. The van der Waals surface area contributed by atoms with Gasteiger partial charge < -0.3 is 15.1 Å². The molecular formula is C25H28ClFN4O2. The van der Waals surface area contributed by atoms with Gasteiger partial charge in [-0.1, -0.05) is 48.0 Å². The fraction of sp³-hybridized carbons (Fsp3) is 0.360. The molecule has 2 aliphatic heterocycles. The van der Waals surface area contributed by atoms with Crippen LogP contribution in [0.1, 0.15) is 28.4 Å². The SMILES string of the molecule is CN(C)C(=O)N[C@@H](CCN1CC2=CN(C(=O)c3c(F)cccc3Cl)CC2C1)c1ccccc1. The van der Waals surface area contributed by atoms with Crippen LogP contribution in [0.4, 0.5) is 9.18 Å². The van der Waals surface area contributed by atoms with Crippen molar-refractivity contribution in [1.29, 1.82) is 0 Å². The van der Waals surface area contributed by atoms with Crippen LogP contribution in [0.2, 0.25) is 5.02 Å². The Morgan fingerprint density at radius 1 is 1.15 bits per heavy atom. The molecule has 0 spiro atoms. The number of hydrogen-bond donors (Lipinski definition) is 1. The molecule has 0 aromatic heterocycles. The van der Waals surface area contributed by atoms with Gasteiger partial charge in [0.1, 0.15) is 5.82 Å². The Kier molecular flexibility index (Phi) is 7.00. The standard InChI is InChI=1S/C25H28ClFN4O2/c1-29(2)25(33)28-22(17-7-4-3-5-8-17)11-12-30-13-18-15-31(16-19(18)14-30)24(32)23-20(26)9-6-10-21(23)27/h3-10,15,19,22H,11-14,16H2,1-2H3,(H,28,33)/t19?,22-/m0/s1. The van der Waals surface area contributed by atoms with Crippen molar-refractivity contribution in [3.8, 4) is 0 Å². The van der Waals surface area contributed by atoms with Crippen molar-refractivity contribution in [3.05, 3.63) is 82.3 Å². The number of nitrogens with zero attached hydrogens (tertiary/aromatic N) is 3. The number of benzene rings is 2. The van der Waals surface area contributed by atoms with Crippen LogP contribution in [-0.4, -0.2) is 66.9 Å². The summed E-state index contributed by atoms with van der Waals surface area (Å²) in [5, 5.41) is 3.23. The highest BCUT2D eigenvalue weighted by molar-refractivity contribution is 6.33. The summed E-state index contributed by atoms with van der Waals surface area (Å²) in [4.78, 5) is 30.5. The van der Waals surface area contributed by atoms with E-state index in [9.17, 15) is 14.0 Å². The maximum atomic E-state index is 14.2. The Bertz CT molecular complexity index is 1040. The third kappa shape index (κ3) is 5.20. The minimum absolute atomic E-state index is 0.0739. The van der Waals surface area contributed by atoms with Crippen molar-refractivity contribution in [3.63, 3.8) is 0 Å². The van der Waals surface area contributed by atoms with Crippen LogP contribution in [0.3, 0.4) is 0 Å². The third-order valence-corrected chi connectivity index (χ3v) is 6.54. The molecule has 174 valence electrons. The normalized spacial score (nSPS) is 18.6. The average molecular weight is 471 g/mol. The zero-order chi connectivity index (χ0) is 23.5. The molecule has 2 aliphatic rings. The topological polar surface area (TPSA) is 55.9 Å². The van der Waals surface area contributed by atoms with Crippen LogP contribution in [0.25, 0.3) is 0 Å². The maximum absolute atomic E-state index is 14.2. The molecule has 2 aromatic carbocycles. The van der Waals surface area contributed by atoms with Gasteiger partial charge in [0.15, 0.2) is 0 Å². The van der Waals surface area contributed by atoms with Crippen LogP contribution in [0.5, 0.6) is 0 Å². The van der Waals surface area contributed by atoms with Crippen molar-refractivity contribution < 1.29 is 14.0 Å². The predicted octanol–water partition coefficient (Wildman–Crippen LogP) is 4.15. The number of carbonyl (C=O) groups excluding carboxylic acids is 2. The van der Waals surface area contributed by atoms with Crippen molar-refractivity contribution in [2.75, 3.05) is 40.3 Å². The molecule has 3 amide bonds. The monoisotopic (exact) mass is 470 g/mol. The first kappa shape index (κ1) is 23.3. The van der Waals surface area contributed by atoms with Crippen molar-refractivity contribution >= 4 is 23.5 Å². The summed E-state index contributed by atoms with van der Waals surface area (Å²) in [6.45, 7) is 2.91. The van der Waals surface area contributed by atoms with Gasteiger partial charge in [-0.05, 0) is 29.7 Å². The number of rotatable bonds is 6. The Hall–Kier alpha value is -2.90. The second-order valence-corrected chi connectivity index (χ2v) is 9.19. The van der Waals surface area contributed by atoms with E-state index in [0.29, 0.717) is 6.54 Å². The van der Waals surface area contributed by atoms with Crippen LogP contribution in [0.15, 0.2) is 60.3 Å². The Morgan fingerprint density at radius 2 is 1.91 bits per heavy atom. The highest BCUT2D eigenvalue weighted by Gasteiger charge is 2.36. The second kappa shape index (κ2) is 9.93. The van der Waals surface area contributed by atoms with Gasteiger partial charge in [0, 0.05) is 52.4 Å². The van der Waals surface area contributed by atoms with Crippen LogP contribution in [0, 0.1) is 11.7 Å². The van der Waals surface area contributed by atoms with Gasteiger partial charge in [0.25, 0.3) is 5.91 Å². The number of fused-ring (bicyclic) bond motifs is 1. The molecule has 33 heavy (non-hydrogen) atoms. The molecule has 2 heterocycles. The number of nitrogens with one attached hydrogen (secondary N) is 1. The number of carbonyl (C=O) groups is 2. The fourth-order valence-corrected chi connectivity index (χ4v) is 4.69. The van der Waals surface area contributed by atoms with Crippen LogP contribution in [-0.2, 0) is 0 Å². The number of halogens is 2. The minimum atomic E-state index is -0.601. The lowest BCUT2D eigenvalue weighted by Crippen LogP contribution is -2.38. The molecule has 0 radical (unpaired) electrons. The summed E-state index contributed by atoms with van der Waals surface area (Å²) in [6, 6.07) is 14.0. The summed E-state index contributed by atoms with van der Waals surface area (Å²) in [5.74, 6) is -0.774. The van der Waals surface area contributed by atoms with Gasteiger partial charge in [-0.25, -0.2) is 9.18 Å². The largest absolute Gasteiger partial charge is 0.331 e. The average Bonchev–Trinajstić information content (AvgIpc) is 3.35. The van der Waals surface area contributed by atoms with E-state index in [1.807, 2.05) is 36.5 Å². The van der Waals surface area contributed by atoms with Crippen molar-refractivity contribution in [2.24, 2.45) is 5.92 Å². The molecular weight excluding hydrogens is 443 g/mol. The number of amides is 3. The molecule has 6 nitrogen and oxygen atoms in total. The molecule has 2 aromatic rings. The van der Waals surface area contributed by atoms with Gasteiger partial charge in [-0.15, -0.1) is 0 Å². The van der Waals surface area contributed by atoms with Gasteiger partial charge in [-0.2, -0.15) is 0 Å². The fourth-order valence-electron chi connectivity index (χ4n) is 4.45. The zero-order valence-corrected chi connectivity index (χ0v) is 19.6.